The number of non-ortho nitro benzene ring substituents is 1. The van der Waals surface area contributed by atoms with Gasteiger partial charge in [0.15, 0.2) is 0 Å². The maximum atomic E-state index is 10.8. The predicted molar refractivity (Wildman–Crippen MR) is 86.8 cm³/mol. The van der Waals surface area contributed by atoms with Crippen LogP contribution in [-0.2, 0) is 5.33 Å². The molecule has 0 N–H and O–H groups in total. The molecule has 0 unspecified atom stereocenters. The topological polar surface area (TPSA) is 49.6 Å². The van der Waals surface area contributed by atoms with E-state index < -0.39 is 0 Å². The van der Waals surface area contributed by atoms with Crippen molar-refractivity contribution in [1.82, 2.24) is 4.90 Å². The SMILES string of the molecule is CCN(CCCN(C)C)c1ccc([N+](=O)[O-])cc1CBr. The van der Waals surface area contributed by atoms with Crippen LogP contribution in [0.25, 0.3) is 0 Å². The summed E-state index contributed by atoms with van der Waals surface area (Å²) >= 11 is 3.42. The molecule has 0 aromatic heterocycles. The van der Waals surface area contributed by atoms with Gasteiger partial charge in [-0.2, -0.15) is 0 Å². The van der Waals surface area contributed by atoms with Gasteiger partial charge in [0.25, 0.3) is 5.69 Å². The van der Waals surface area contributed by atoms with E-state index in [0.717, 1.165) is 37.3 Å². The number of nitrogens with zero attached hydrogens (tertiary/aromatic N) is 3. The summed E-state index contributed by atoms with van der Waals surface area (Å²) in [5.41, 5.74) is 2.19. The van der Waals surface area contributed by atoms with Gasteiger partial charge in [-0.25, -0.2) is 0 Å². The first kappa shape index (κ1) is 16.9. The molecule has 0 spiro atoms. The highest BCUT2D eigenvalue weighted by molar-refractivity contribution is 9.08. The Hall–Kier alpha value is -1.14. The Bertz CT molecular complexity index is 452. The van der Waals surface area contributed by atoms with Gasteiger partial charge >= 0.3 is 0 Å². The molecule has 1 rings (SSSR count). The quantitative estimate of drug-likeness (QED) is 0.413. The van der Waals surface area contributed by atoms with Crippen LogP contribution < -0.4 is 4.90 Å². The molecule has 6 heteroatoms. The van der Waals surface area contributed by atoms with E-state index in [-0.39, 0.29) is 10.6 Å². The van der Waals surface area contributed by atoms with Gasteiger partial charge in [-0.05, 0) is 45.6 Å². The minimum Gasteiger partial charge on any atom is -0.372 e. The lowest BCUT2D eigenvalue weighted by Gasteiger charge is -2.26. The van der Waals surface area contributed by atoms with Crippen molar-refractivity contribution in [2.24, 2.45) is 0 Å². The lowest BCUT2D eigenvalue weighted by molar-refractivity contribution is -0.384. The molecule has 0 amide bonds. The maximum absolute atomic E-state index is 10.8. The third-order valence-corrected chi connectivity index (χ3v) is 3.78. The van der Waals surface area contributed by atoms with Gasteiger partial charge in [0.2, 0.25) is 0 Å². The number of nitro groups is 1. The number of benzene rings is 1. The van der Waals surface area contributed by atoms with E-state index in [4.69, 9.17) is 0 Å². The summed E-state index contributed by atoms with van der Waals surface area (Å²) in [4.78, 5) is 14.9. The van der Waals surface area contributed by atoms with E-state index in [0.29, 0.717) is 5.33 Å². The fourth-order valence-electron chi connectivity index (χ4n) is 2.13. The molecule has 0 aliphatic rings. The van der Waals surface area contributed by atoms with Crippen molar-refractivity contribution in [2.75, 3.05) is 38.6 Å². The molecule has 0 heterocycles. The van der Waals surface area contributed by atoms with Gasteiger partial charge in [-0.1, -0.05) is 15.9 Å². The van der Waals surface area contributed by atoms with E-state index in [2.05, 4.69) is 46.7 Å². The molecule has 0 atom stereocenters. The lowest BCUT2D eigenvalue weighted by Crippen LogP contribution is -2.27. The van der Waals surface area contributed by atoms with Crippen LogP contribution in [0.2, 0.25) is 0 Å². The molecule has 1 aromatic rings. The molecule has 0 aliphatic carbocycles. The van der Waals surface area contributed by atoms with Crippen LogP contribution in [0, 0.1) is 10.1 Å². The summed E-state index contributed by atoms with van der Waals surface area (Å²) in [6.45, 7) is 4.99. The number of hydrogen-bond acceptors (Lipinski definition) is 4. The van der Waals surface area contributed by atoms with Crippen LogP contribution in [0.15, 0.2) is 18.2 Å². The van der Waals surface area contributed by atoms with Gasteiger partial charge in [0.1, 0.15) is 0 Å². The van der Waals surface area contributed by atoms with Gasteiger partial charge in [0, 0.05) is 36.2 Å². The van der Waals surface area contributed by atoms with Crippen LogP contribution in [0.1, 0.15) is 18.9 Å². The van der Waals surface area contributed by atoms with Crippen molar-refractivity contribution in [3.05, 3.63) is 33.9 Å². The molecule has 1 aromatic carbocycles. The van der Waals surface area contributed by atoms with Crippen LogP contribution in [-0.4, -0.2) is 43.6 Å². The van der Waals surface area contributed by atoms with Gasteiger partial charge in [-0.3, -0.25) is 10.1 Å². The van der Waals surface area contributed by atoms with Crippen LogP contribution in [0.3, 0.4) is 0 Å². The van der Waals surface area contributed by atoms with Crippen LogP contribution in [0.4, 0.5) is 11.4 Å². The Morgan fingerprint density at radius 2 is 2.00 bits per heavy atom. The molecule has 0 saturated carbocycles. The first-order valence-corrected chi connectivity index (χ1v) is 7.84. The van der Waals surface area contributed by atoms with Crippen molar-refractivity contribution in [1.29, 1.82) is 0 Å². The highest BCUT2D eigenvalue weighted by Crippen LogP contribution is 2.27. The second kappa shape index (κ2) is 8.21. The monoisotopic (exact) mass is 343 g/mol. The standard InChI is InChI=1S/C14H22BrN3O2/c1-4-17(9-5-8-16(2)3)14-7-6-13(18(19)20)10-12(14)11-15/h6-7,10H,4-5,8-9,11H2,1-3H3. The molecule has 0 aliphatic heterocycles. The largest absolute Gasteiger partial charge is 0.372 e. The smallest absolute Gasteiger partial charge is 0.269 e. The minimum atomic E-state index is -0.349. The predicted octanol–water partition coefficient (Wildman–Crippen LogP) is 3.27. The Labute approximate surface area is 128 Å². The summed E-state index contributed by atoms with van der Waals surface area (Å²) in [7, 11) is 4.12. The third kappa shape index (κ3) is 4.76. The average Bonchev–Trinajstić information content (AvgIpc) is 2.42. The van der Waals surface area contributed by atoms with Crippen molar-refractivity contribution in [3.8, 4) is 0 Å². The number of alkyl halides is 1. The molecular weight excluding hydrogens is 322 g/mol. The van der Waals surface area contributed by atoms with E-state index in [1.54, 1.807) is 12.1 Å². The molecule has 5 nitrogen and oxygen atoms in total. The Morgan fingerprint density at radius 3 is 2.50 bits per heavy atom. The maximum Gasteiger partial charge on any atom is 0.269 e. The summed E-state index contributed by atoms with van der Waals surface area (Å²) in [5.74, 6) is 0. The first-order valence-electron chi connectivity index (χ1n) is 6.72. The molecule has 0 bridgehead atoms. The van der Waals surface area contributed by atoms with Crippen LogP contribution in [0.5, 0.6) is 0 Å². The summed E-state index contributed by atoms with van der Waals surface area (Å²) < 4.78 is 0. The van der Waals surface area contributed by atoms with Crippen molar-refractivity contribution in [2.45, 2.75) is 18.7 Å². The lowest BCUT2D eigenvalue weighted by atomic mass is 10.1. The van der Waals surface area contributed by atoms with Crippen molar-refractivity contribution >= 4 is 27.3 Å². The molecule has 0 fully saturated rings. The Balaban J connectivity index is 2.88. The van der Waals surface area contributed by atoms with E-state index in [9.17, 15) is 10.1 Å². The minimum absolute atomic E-state index is 0.146. The second-order valence-corrected chi connectivity index (χ2v) is 5.50. The average molecular weight is 344 g/mol. The fourth-order valence-corrected chi connectivity index (χ4v) is 2.58. The third-order valence-electron chi connectivity index (χ3n) is 3.17. The zero-order valence-corrected chi connectivity index (χ0v) is 13.9. The fraction of sp³-hybridized carbons (Fsp3) is 0.571. The first-order chi connectivity index (χ1) is 9.49. The zero-order chi connectivity index (χ0) is 15.1. The normalized spacial score (nSPS) is 10.8. The van der Waals surface area contributed by atoms with Gasteiger partial charge in [-0.15, -0.1) is 0 Å². The summed E-state index contributed by atoms with van der Waals surface area (Å²) in [6.07, 6.45) is 1.07. The van der Waals surface area contributed by atoms with Crippen molar-refractivity contribution in [3.63, 3.8) is 0 Å². The highest BCUT2D eigenvalue weighted by atomic mass is 79.9. The van der Waals surface area contributed by atoms with Gasteiger partial charge in [0.05, 0.1) is 4.92 Å². The van der Waals surface area contributed by atoms with E-state index in [1.165, 1.54) is 0 Å². The number of hydrogen-bond donors (Lipinski definition) is 0. The Morgan fingerprint density at radius 1 is 1.30 bits per heavy atom. The number of anilines is 1. The zero-order valence-electron chi connectivity index (χ0n) is 12.3. The molecular formula is C14H22BrN3O2. The van der Waals surface area contributed by atoms with E-state index in [1.807, 2.05) is 6.07 Å². The second-order valence-electron chi connectivity index (χ2n) is 4.94. The molecule has 0 saturated heterocycles. The molecule has 20 heavy (non-hydrogen) atoms. The number of rotatable bonds is 8. The number of halogens is 1. The summed E-state index contributed by atoms with van der Waals surface area (Å²) in [6, 6.07) is 5.09. The number of nitro benzene ring substituents is 1. The summed E-state index contributed by atoms with van der Waals surface area (Å²) in [5, 5.41) is 11.5. The molecule has 112 valence electrons. The van der Waals surface area contributed by atoms with Gasteiger partial charge < -0.3 is 9.80 Å². The van der Waals surface area contributed by atoms with E-state index >= 15 is 0 Å². The van der Waals surface area contributed by atoms with Crippen LogP contribution >= 0.6 is 15.9 Å². The van der Waals surface area contributed by atoms with Crippen molar-refractivity contribution < 1.29 is 4.92 Å². The molecule has 0 radical (unpaired) electrons. The highest BCUT2D eigenvalue weighted by Gasteiger charge is 2.14. The Kier molecular flexibility index (Phi) is 6.95.